The monoisotopic (exact) mass is 283 g/mol. The minimum absolute atomic E-state index is 0.814. The summed E-state index contributed by atoms with van der Waals surface area (Å²) in [6.45, 7) is 5.78. The number of aromatic nitrogens is 2. The summed E-state index contributed by atoms with van der Waals surface area (Å²) in [6.07, 6.45) is 1.92. The molecule has 102 valence electrons. The van der Waals surface area contributed by atoms with Crippen molar-refractivity contribution in [1.29, 1.82) is 0 Å². The van der Waals surface area contributed by atoms with Gasteiger partial charge in [0.05, 0.1) is 5.52 Å². The number of hydrogen-bond acceptors (Lipinski definition) is 4. The molecule has 4 heteroatoms. The van der Waals surface area contributed by atoms with Crippen LogP contribution in [0.5, 0.6) is 0 Å². The summed E-state index contributed by atoms with van der Waals surface area (Å²) < 4.78 is 0. The zero-order valence-corrected chi connectivity index (χ0v) is 12.5. The van der Waals surface area contributed by atoms with Gasteiger partial charge in [0.2, 0.25) is 0 Å². The van der Waals surface area contributed by atoms with Gasteiger partial charge in [-0.25, -0.2) is 4.98 Å². The van der Waals surface area contributed by atoms with Gasteiger partial charge >= 0.3 is 0 Å². The lowest BCUT2D eigenvalue weighted by molar-refractivity contribution is 0.692. The van der Waals surface area contributed by atoms with Crippen LogP contribution in [0.25, 0.3) is 10.9 Å². The normalized spacial score (nSPS) is 11.1. The summed E-state index contributed by atoms with van der Waals surface area (Å²) in [5, 5.41) is 5.83. The number of nitrogens with one attached hydrogen (secondary N) is 1. The van der Waals surface area contributed by atoms with Crippen LogP contribution in [0.4, 0.5) is 0 Å². The largest absolute Gasteiger partial charge is 0.306 e. The second-order valence-corrected chi connectivity index (χ2v) is 6.23. The van der Waals surface area contributed by atoms with Crippen molar-refractivity contribution in [2.75, 3.05) is 0 Å². The minimum Gasteiger partial charge on any atom is -0.306 e. The van der Waals surface area contributed by atoms with Crippen molar-refractivity contribution in [3.8, 4) is 0 Å². The van der Waals surface area contributed by atoms with E-state index < -0.39 is 0 Å². The summed E-state index contributed by atoms with van der Waals surface area (Å²) in [6, 6.07) is 10.4. The Morgan fingerprint density at radius 2 is 2.00 bits per heavy atom. The van der Waals surface area contributed by atoms with Crippen molar-refractivity contribution >= 4 is 22.2 Å². The molecule has 3 aromatic rings. The van der Waals surface area contributed by atoms with Gasteiger partial charge < -0.3 is 5.32 Å². The number of para-hydroxylation sites is 1. The van der Waals surface area contributed by atoms with Crippen molar-refractivity contribution in [2.45, 2.75) is 26.9 Å². The van der Waals surface area contributed by atoms with Crippen LogP contribution < -0.4 is 5.32 Å². The van der Waals surface area contributed by atoms with E-state index in [0.717, 1.165) is 29.3 Å². The molecule has 0 fully saturated rings. The van der Waals surface area contributed by atoms with Gasteiger partial charge in [0.25, 0.3) is 0 Å². The molecule has 0 aliphatic carbocycles. The lowest BCUT2D eigenvalue weighted by atomic mass is 10.1. The smallest absolute Gasteiger partial charge is 0.107 e. The van der Waals surface area contributed by atoms with Gasteiger partial charge in [-0.3, -0.25) is 4.98 Å². The molecule has 0 saturated heterocycles. The van der Waals surface area contributed by atoms with Crippen LogP contribution in [0.15, 0.2) is 36.5 Å². The number of benzene rings is 1. The Balaban J connectivity index is 1.77. The van der Waals surface area contributed by atoms with E-state index in [-0.39, 0.29) is 0 Å². The summed E-state index contributed by atoms with van der Waals surface area (Å²) >= 11 is 1.74. The SMILES string of the molecule is Cc1cc(CNCc2ncc(C)s2)c2ccccc2n1. The van der Waals surface area contributed by atoms with E-state index in [0.29, 0.717) is 0 Å². The third-order valence-corrected chi connectivity index (χ3v) is 4.10. The lowest BCUT2D eigenvalue weighted by Crippen LogP contribution is -2.13. The molecule has 0 radical (unpaired) electrons. The fourth-order valence-electron chi connectivity index (χ4n) is 2.33. The van der Waals surface area contributed by atoms with Gasteiger partial charge in [0.1, 0.15) is 5.01 Å². The lowest BCUT2D eigenvalue weighted by Gasteiger charge is -2.08. The second kappa shape index (κ2) is 5.69. The molecule has 3 nitrogen and oxygen atoms in total. The molecule has 0 atom stereocenters. The molecule has 0 spiro atoms. The van der Waals surface area contributed by atoms with Gasteiger partial charge in [-0.15, -0.1) is 11.3 Å². The number of pyridine rings is 1. The van der Waals surface area contributed by atoms with Crippen LogP contribution in [0.1, 0.15) is 21.1 Å². The first-order valence-electron chi connectivity index (χ1n) is 6.69. The van der Waals surface area contributed by atoms with E-state index in [1.807, 2.05) is 19.2 Å². The van der Waals surface area contributed by atoms with Crippen LogP contribution in [0.3, 0.4) is 0 Å². The second-order valence-electron chi connectivity index (χ2n) is 4.91. The topological polar surface area (TPSA) is 37.8 Å². The predicted octanol–water partition coefficient (Wildman–Crippen LogP) is 3.60. The van der Waals surface area contributed by atoms with Crippen LogP contribution in [0.2, 0.25) is 0 Å². The van der Waals surface area contributed by atoms with Crippen LogP contribution in [-0.2, 0) is 13.1 Å². The first-order chi connectivity index (χ1) is 9.72. The number of thiazole rings is 1. The molecule has 3 rings (SSSR count). The standard InChI is InChI=1S/C16H17N3S/c1-11-7-13(14-5-3-4-6-15(14)19-11)9-17-10-16-18-8-12(2)20-16/h3-8,17H,9-10H2,1-2H3. The summed E-state index contributed by atoms with van der Waals surface area (Å²) in [5.41, 5.74) is 3.42. The van der Waals surface area contributed by atoms with Crippen molar-refractivity contribution < 1.29 is 0 Å². The Morgan fingerprint density at radius 3 is 2.80 bits per heavy atom. The van der Waals surface area contributed by atoms with E-state index in [4.69, 9.17) is 0 Å². The molecule has 1 N–H and O–H groups in total. The maximum absolute atomic E-state index is 4.57. The van der Waals surface area contributed by atoms with Crippen LogP contribution in [0, 0.1) is 13.8 Å². The van der Waals surface area contributed by atoms with Crippen molar-refractivity contribution in [1.82, 2.24) is 15.3 Å². The molecule has 0 unspecified atom stereocenters. The first-order valence-corrected chi connectivity index (χ1v) is 7.51. The molecular formula is C16H17N3S. The van der Waals surface area contributed by atoms with E-state index >= 15 is 0 Å². The quantitative estimate of drug-likeness (QED) is 0.795. The van der Waals surface area contributed by atoms with E-state index in [2.05, 4.69) is 46.5 Å². The summed E-state index contributed by atoms with van der Waals surface area (Å²) in [7, 11) is 0. The molecule has 0 bridgehead atoms. The summed E-state index contributed by atoms with van der Waals surface area (Å²) in [5.74, 6) is 0. The Kier molecular flexibility index (Phi) is 3.76. The van der Waals surface area contributed by atoms with Crippen molar-refractivity contribution in [3.05, 3.63) is 57.7 Å². The average molecular weight is 283 g/mol. The predicted molar refractivity (Wildman–Crippen MR) is 83.9 cm³/mol. The Hall–Kier alpha value is -1.78. The number of rotatable bonds is 4. The number of fused-ring (bicyclic) bond motifs is 1. The van der Waals surface area contributed by atoms with Gasteiger partial charge in [-0.05, 0) is 31.5 Å². The van der Waals surface area contributed by atoms with Crippen LogP contribution >= 0.6 is 11.3 Å². The van der Waals surface area contributed by atoms with Crippen molar-refractivity contribution in [3.63, 3.8) is 0 Å². The Labute approximate surface area is 122 Å². The highest BCUT2D eigenvalue weighted by Gasteiger charge is 2.04. The maximum Gasteiger partial charge on any atom is 0.107 e. The third kappa shape index (κ3) is 2.86. The number of hydrogen-bond donors (Lipinski definition) is 1. The third-order valence-electron chi connectivity index (χ3n) is 3.19. The molecule has 0 aliphatic heterocycles. The molecule has 0 aliphatic rings. The molecule has 2 aromatic heterocycles. The van der Waals surface area contributed by atoms with Gasteiger partial charge in [-0.1, -0.05) is 18.2 Å². The number of aryl methyl sites for hydroxylation is 2. The number of nitrogens with zero attached hydrogens (tertiary/aromatic N) is 2. The summed E-state index contributed by atoms with van der Waals surface area (Å²) in [4.78, 5) is 10.2. The fraction of sp³-hybridized carbons (Fsp3) is 0.250. The van der Waals surface area contributed by atoms with E-state index in [9.17, 15) is 0 Å². The molecule has 2 heterocycles. The fourth-order valence-corrected chi connectivity index (χ4v) is 3.09. The van der Waals surface area contributed by atoms with Crippen molar-refractivity contribution in [2.24, 2.45) is 0 Å². The van der Waals surface area contributed by atoms with Gasteiger partial charge in [-0.2, -0.15) is 0 Å². The molecular weight excluding hydrogens is 266 g/mol. The Bertz CT molecular complexity index is 733. The highest BCUT2D eigenvalue weighted by Crippen LogP contribution is 2.18. The zero-order chi connectivity index (χ0) is 13.9. The van der Waals surface area contributed by atoms with Crippen LogP contribution in [-0.4, -0.2) is 9.97 Å². The highest BCUT2D eigenvalue weighted by molar-refractivity contribution is 7.11. The highest BCUT2D eigenvalue weighted by atomic mass is 32.1. The zero-order valence-electron chi connectivity index (χ0n) is 11.7. The minimum atomic E-state index is 0.814. The maximum atomic E-state index is 4.57. The first kappa shape index (κ1) is 13.2. The molecule has 1 aromatic carbocycles. The average Bonchev–Trinajstić information content (AvgIpc) is 2.84. The molecule has 20 heavy (non-hydrogen) atoms. The van der Waals surface area contributed by atoms with Gasteiger partial charge in [0.15, 0.2) is 0 Å². The molecule has 0 amide bonds. The van der Waals surface area contributed by atoms with E-state index in [1.165, 1.54) is 15.8 Å². The Morgan fingerprint density at radius 1 is 1.15 bits per heavy atom. The van der Waals surface area contributed by atoms with Gasteiger partial charge in [0, 0.05) is 35.2 Å². The molecule has 0 saturated carbocycles. The van der Waals surface area contributed by atoms with E-state index in [1.54, 1.807) is 11.3 Å².